The van der Waals surface area contributed by atoms with Gasteiger partial charge in [-0.05, 0) is 60.7 Å². The van der Waals surface area contributed by atoms with E-state index in [0.717, 1.165) is 43.2 Å². The van der Waals surface area contributed by atoms with Crippen molar-refractivity contribution < 1.29 is 4.79 Å². The maximum Gasteiger partial charge on any atom is 0.266 e. The van der Waals surface area contributed by atoms with Gasteiger partial charge in [-0.1, -0.05) is 45.7 Å². The van der Waals surface area contributed by atoms with E-state index in [1.54, 1.807) is 30.0 Å². The van der Waals surface area contributed by atoms with Gasteiger partial charge in [0.25, 0.3) is 5.91 Å². The SMILES string of the molecule is N#C/C(=C/c1cn(CCSc2ccc(Cl)cc2)c2ccccc12)C(=O)Nc1ccc(Br)cc1. The summed E-state index contributed by atoms with van der Waals surface area (Å²) in [5.41, 5.74) is 2.58. The van der Waals surface area contributed by atoms with Crippen molar-refractivity contribution in [3.63, 3.8) is 0 Å². The van der Waals surface area contributed by atoms with Gasteiger partial charge < -0.3 is 9.88 Å². The number of benzene rings is 3. The highest BCUT2D eigenvalue weighted by atomic mass is 79.9. The van der Waals surface area contributed by atoms with Crippen molar-refractivity contribution in [1.29, 1.82) is 5.26 Å². The van der Waals surface area contributed by atoms with Gasteiger partial charge in [0.2, 0.25) is 0 Å². The van der Waals surface area contributed by atoms with Crippen LogP contribution in [0.1, 0.15) is 5.56 Å². The molecule has 1 amide bonds. The monoisotopic (exact) mass is 535 g/mol. The highest BCUT2D eigenvalue weighted by Crippen LogP contribution is 2.26. The molecule has 7 heteroatoms. The molecule has 0 radical (unpaired) electrons. The van der Waals surface area contributed by atoms with E-state index in [1.165, 1.54) is 0 Å². The fourth-order valence-electron chi connectivity index (χ4n) is 3.40. The lowest BCUT2D eigenvalue weighted by molar-refractivity contribution is -0.112. The molecule has 1 aromatic heterocycles. The molecular formula is C26H19BrClN3OS. The van der Waals surface area contributed by atoms with Gasteiger partial charge in [-0.15, -0.1) is 11.8 Å². The lowest BCUT2D eigenvalue weighted by Gasteiger charge is -2.05. The molecule has 3 aromatic carbocycles. The maximum atomic E-state index is 12.7. The molecule has 0 atom stereocenters. The number of aryl methyl sites for hydroxylation is 1. The number of halogens is 2. The van der Waals surface area contributed by atoms with E-state index in [4.69, 9.17) is 11.6 Å². The molecule has 0 fully saturated rings. The van der Waals surface area contributed by atoms with E-state index in [1.807, 2.05) is 72.9 Å². The van der Waals surface area contributed by atoms with Crippen molar-refractivity contribution >= 4 is 67.9 Å². The second-order valence-electron chi connectivity index (χ2n) is 7.23. The molecule has 4 rings (SSSR count). The van der Waals surface area contributed by atoms with Crippen LogP contribution in [0.25, 0.3) is 17.0 Å². The summed E-state index contributed by atoms with van der Waals surface area (Å²) in [7, 11) is 0. The average molecular weight is 537 g/mol. The summed E-state index contributed by atoms with van der Waals surface area (Å²) < 4.78 is 3.07. The summed E-state index contributed by atoms with van der Waals surface area (Å²) in [6.45, 7) is 0.786. The molecule has 0 aliphatic rings. The number of rotatable bonds is 7. The molecule has 1 N–H and O–H groups in total. The van der Waals surface area contributed by atoms with E-state index in [-0.39, 0.29) is 5.57 Å². The predicted octanol–water partition coefficient (Wildman–Crippen LogP) is 7.40. The first-order valence-electron chi connectivity index (χ1n) is 10.2. The molecule has 1 heterocycles. The van der Waals surface area contributed by atoms with Gasteiger partial charge in [0, 0.05) is 55.0 Å². The summed E-state index contributed by atoms with van der Waals surface area (Å²) in [6.07, 6.45) is 3.65. The summed E-state index contributed by atoms with van der Waals surface area (Å²) in [4.78, 5) is 13.9. The number of carbonyl (C=O) groups is 1. The Labute approximate surface area is 210 Å². The van der Waals surface area contributed by atoms with E-state index >= 15 is 0 Å². The minimum absolute atomic E-state index is 0.0522. The number of nitriles is 1. The van der Waals surface area contributed by atoms with Crippen LogP contribution < -0.4 is 5.32 Å². The zero-order chi connectivity index (χ0) is 23.2. The normalized spacial score (nSPS) is 11.4. The third kappa shape index (κ3) is 5.88. The van der Waals surface area contributed by atoms with Gasteiger partial charge in [0.1, 0.15) is 11.6 Å². The largest absolute Gasteiger partial charge is 0.346 e. The number of hydrogen-bond donors (Lipinski definition) is 1. The number of nitrogens with zero attached hydrogens (tertiary/aromatic N) is 2. The molecule has 0 saturated heterocycles. The molecule has 33 heavy (non-hydrogen) atoms. The Hall–Kier alpha value is -2.98. The summed E-state index contributed by atoms with van der Waals surface area (Å²) >= 11 is 11.1. The number of nitrogens with one attached hydrogen (secondary N) is 1. The van der Waals surface area contributed by atoms with Gasteiger partial charge in [-0.2, -0.15) is 5.26 Å². The quantitative estimate of drug-likeness (QED) is 0.152. The molecule has 0 aliphatic heterocycles. The average Bonchev–Trinajstić information content (AvgIpc) is 3.17. The predicted molar refractivity (Wildman–Crippen MR) is 140 cm³/mol. The van der Waals surface area contributed by atoms with Crippen LogP contribution in [0.2, 0.25) is 5.02 Å². The number of anilines is 1. The number of hydrogen-bond acceptors (Lipinski definition) is 3. The molecular weight excluding hydrogens is 518 g/mol. The minimum atomic E-state index is -0.435. The van der Waals surface area contributed by atoms with Crippen molar-refractivity contribution in [3.05, 3.63) is 99.6 Å². The number of thioether (sulfide) groups is 1. The zero-order valence-electron chi connectivity index (χ0n) is 17.5. The third-order valence-corrected chi connectivity index (χ3v) is 6.77. The van der Waals surface area contributed by atoms with Crippen molar-refractivity contribution in [2.45, 2.75) is 11.4 Å². The van der Waals surface area contributed by atoms with Crippen molar-refractivity contribution in [3.8, 4) is 6.07 Å². The molecule has 0 bridgehead atoms. The molecule has 0 aliphatic carbocycles. The lowest BCUT2D eigenvalue weighted by atomic mass is 10.1. The third-order valence-electron chi connectivity index (χ3n) is 5.00. The maximum absolute atomic E-state index is 12.7. The van der Waals surface area contributed by atoms with Crippen LogP contribution in [0.15, 0.2) is 93.9 Å². The number of carbonyl (C=O) groups excluding carboxylic acids is 1. The fourth-order valence-corrected chi connectivity index (χ4v) is 4.65. The number of para-hydroxylation sites is 1. The van der Waals surface area contributed by atoms with E-state index in [9.17, 15) is 10.1 Å². The van der Waals surface area contributed by atoms with Crippen molar-refractivity contribution in [2.24, 2.45) is 0 Å². The van der Waals surface area contributed by atoms with Crippen LogP contribution in [-0.4, -0.2) is 16.2 Å². The Balaban J connectivity index is 1.54. The molecule has 0 saturated carbocycles. The first kappa shape index (κ1) is 23.2. The van der Waals surface area contributed by atoms with Crippen molar-refractivity contribution in [2.75, 3.05) is 11.1 Å². The van der Waals surface area contributed by atoms with E-state index < -0.39 is 5.91 Å². The second-order valence-corrected chi connectivity index (χ2v) is 9.75. The minimum Gasteiger partial charge on any atom is -0.346 e. The van der Waals surface area contributed by atoms with Crippen LogP contribution in [0.5, 0.6) is 0 Å². The molecule has 4 nitrogen and oxygen atoms in total. The topological polar surface area (TPSA) is 57.8 Å². The van der Waals surface area contributed by atoms with E-state index in [0.29, 0.717) is 5.69 Å². The van der Waals surface area contributed by atoms with Crippen LogP contribution >= 0.6 is 39.3 Å². The first-order chi connectivity index (χ1) is 16.0. The smallest absolute Gasteiger partial charge is 0.266 e. The number of aromatic nitrogens is 1. The van der Waals surface area contributed by atoms with Gasteiger partial charge >= 0.3 is 0 Å². The summed E-state index contributed by atoms with van der Waals surface area (Å²) in [5, 5.41) is 14.1. The first-order valence-corrected chi connectivity index (χ1v) is 12.3. The Bertz CT molecular complexity index is 1360. The Kier molecular flexibility index (Phi) is 7.56. The zero-order valence-corrected chi connectivity index (χ0v) is 20.6. The fraction of sp³-hybridized carbons (Fsp3) is 0.0769. The van der Waals surface area contributed by atoms with Crippen LogP contribution in [0.3, 0.4) is 0 Å². The van der Waals surface area contributed by atoms with Gasteiger partial charge in [-0.25, -0.2) is 0 Å². The number of fused-ring (bicyclic) bond motifs is 1. The van der Waals surface area contributed by atoms with Gasteiger partial charge in [-0.3, -0.25) is 4.79 Å². The van der Waals surface area contributed by atoms with Crippen LogP contribution in [0, 0.1) is 11.3 Å². The Morgan fingerprint density at radius 2 is 1.82 bits per heavy atom. The lowest BCUT2D eigenvalue weighted by Crippen LogP contribution is -2.13. The molecule has 164 valence electrons. The Morgan fingerprint density at radius 1 is 1.09 bits per heavy atom. The molecule has 0 unspecified atom stereocenters. The second kappa shape index (κ2) is 10.8. The molecule has 4 aromatic rings. The summed E-state index contributed by atoms with van der Waals surface area (Å²) in [5.74, 6) is 0.438. The van der Waals surface area contributed by atoms with Crippen molar-refractivity contribution in [1.82, 2.24) is 4.57 Å². The van der Waals surface area contributed by atoms with E-state index in [2.05, 4.69) is 25.8 Å². The molecule has 0 spiro atoms. The highest BCUT2D eigenvalue weighted by molar-refractivity contribution is 9.10. The van der Waals surface area contributed by atoms with Crippen LogP contribution in [-0.2, 0) is 11.3 Å². The highest BCUT2D eigenvalue weighted by Gasteiger charge is 2.13. The number of amides is 1. The van der Waals surface area contributed by atoms with Gasteiger partial charge in [0.15, 0.2) is 0 Å². The van der Waals surface area contributed by atoms with Gasteiger partial charge in [0.05, 0.1) is 0 Å². The summed E-state index contributed by atoms with van der Waals surface area (Å²) in [6, 6.07) is 25.1. The van der Waals surface area contributed by atoms with Crippen LogP contribution in [0.4, 0.5) is 5.69 Å². The Morgan fingerprint density at radius 3 is 2.55 bits per heavy atom. The standard InChI is InChI=1S/C26H19BrClN3OS/c27-20-5-9-22(10-6-20)30-26(32)18(16-29)15-19-17-31(25-4-2-1-3-24(19)25)13-14-33-23-11-7-21(28)8-12-23/h1-12,15,17H,13-14H2,(H,30,32)/b18-15-.